The summed E-state index contributed by atoms with van der Waals surface area (Å²) in [6, 6.07) is -1.17. The molecule has 2 bridgehead atoms. The summed E-state index contributed by atoms with van der Waals surface area (Å²) in [5.41, 5.74) is 1.17. The normalized spacial score (nSPS) is 36.2. The number of hydrogen-bond donors (Lipinski definition) is 2. The van der Waals surface area contributed by atoms with Gasteiger partial charge in [0, 0.05) is 58.5 Å². The number of aliphatic hydroxyl groups excluding tert-OH is 1. The van der Waals surface area contributed by atoms with Gasteiger partial charge in [0.2, 0.25) is 5.79 Å². The number of cyclic esters (lactones) is 1. The molecule has 1 aliphatic carbocycles. The van der Waals surface area contributed by atoms with Crippen molar-refractivity contribution in [3.05, 3.63) is 47.6 Å². The quantitative estimate of drug-likeness (QED) is 0.141. The van der Waals surface area contributed by atoms with Crippen molar-refractivity contribution in [3.63, 3.8) is 0 Å². The van der Waals surface area contributed by atoms with E-state index in [0.717, 1.165) is 5.57 Å². The topological polar surface area (TPSA) is 201 Å². The van der Waals surface area contributed by atoms with Gasteiger partial charge in [-0.15, -0.1) is 0 Å². The molecule has 1 amide bonds. The Balaban J connectivity index is 1.70. The van der Waals surface area contributed by atoms with Crippen LogP contribution in [0.25, 0.3) is 0 Å². The molecule has 1 unspecified atom stereocenters. The Labute approximate surface area is 418 Å². The summed E-state index contributed by atoms with van der Waals surface area (Å²) in [6.45, 7) is 12.7. The van der Waals surface area contributed by atoms with E-state index in [4.69, 9.17) is 28.4 Å². The SMILES string of the molecule is CO[C@H]1C[C@@H]2CC[C@@H](C)[C@@](O)(O2)C(=O)C(=O)N2CCCC[C@H]2C(=O)O[C@H]([C@H](C)C[C@@H]2CC[C@@H](OC(=O)CBr)[C@H](OC)C2)CC(=O)C(C)=CC(C)[C@@H](O)[C@@H](OC)C(=O)[C@H](C)C[C@H](C)C=CC=CC=C1C. The first-order valence-electron chi connectivity index (χ1n) is 24.9. The largest absolute Gasteiger partial charge is 0.460 e. The third kappa shape index (κ3) is 15.8. The molecular formula is C53H80BrNO14. The molecule has 3 aliphatic heterocycles. The molecule has 69 heavy (non-hydrogen) atoms. The van der Waals surface area contributed by atoms with E-state index in [2.05, 4.69) is 15.9 Å². The summed E-state index contributed by atoms with van der Waals surface area (Å²) in [5, 5.41) is 23.5. The lowest BCUT2D eigenvalue weighted by atomic mass is 9.78. The Hall–Kier alpha value is -3.38. The van der Waals surface area contributed by atoms with Gasteiger partial charge in [-0.1, -0.05) is 87.0 Å². The van der Waals surface area contributed by atoms with Crippen LogP contribution < -0.4 is 0 Å². The number of carbonyl (C=O) groups is 6. The predicted octanol–water partition coefficient (Wildman–Crippen LogP) is 7.13. The van der Waals surface area contributed by atoms with Crippen molar-refractivity contribution in [1.82, 2.24) is 4.90 Å². The van der Waals surface area contributed by atoms with Gasteiger partial charge in [0.05, 0.1) is 24.4 Å². The zero-order chi connectivity index (χ0) is 51.2. The molecule has 1 saturated carbocycles. The monoisotopic (exact) mass is 1030 g/mol. The molecule has 16 heteroatoms. The van der Waals surface area contributed by atoms with E-state index >= 15 is 0 Å². The fourth-order valence-electron chi connectivity index (χ4n) is 10.5. The number of amides is 1. The maximum Gasteiger partial charge on any atom is 0.329 e. The van der Waals surface area contributed by atoms with Crippen LogP contribution in [0.4, 0.5) is 0 Å². The maximum atomic E-state index is 14.5. The Morgan fingerprint density at radius 1 is 0.899 bits per heavy atom. The highest BCUT2D eigenvalue weighted by atomic mass is 79.9. The molecule has 3 fully saturated rings. The van der Waals surface area contributed by atoms with Crippen molar-refractivity contribution in [3.8, 4) is 0 Å². The summed E-state index contributed by atoms with van der Waals surface area (Å²) in [4.78, 5) is 84.3. The third-order valence-corrected chi connectivity index (χ3v) is 15.3. The Bertz CT molecular complexity index is 1900. The van der Waals surface area contributed by atoms with E-state index in [1.807, 2.05) is 58.1 Å². The van der Waals surface area contributed by atoms with Gasteiger partial charge in [-0.25, -0.2) is 4.79 Å². The van der Waals surface area contributed by atoms with Crippen LogP contribution in [0.15, 0.2) is 47.6 Å². The minimum absolute atomic E-state index is 0.0119. The van der Waals surface area contributed by atoms with Crippen LogP contribution in [0, 0.1) is 35.5 Å². The van der Waals surface area contributed by atoms with Gasteiger partial charge < -0.3 is 43.5 Å². The number of fused-ring (bicyclic) bond motifs is 3. The number of hydrogen-bond acceptors (Lipinski definition) is 14. The van der Waals surface area contributed by atoms with Crippen LogP contribution in [0.1, 0.15) is 126 Å². The van der Waals surface area contributed by atoms with Crippen molar-refractivity contribution in [2.75, 3.05) is 33.2 Å². The summed E-state index contributed by atoms with van der Waals surface area (Å²) in [5.74, 6) is -8.55. The van der Waals surface area contributed by atoms with Crippen LogP contribution in [0.3, 0.4) is 0 Å². The number of piperidine rings is 1. The zero-order valence-corrected chi connectivity index (χ0v) is 44.2. The van der Waals surface area contributed by atoms with Crippen molar-refractivity contribution >= 4 is 51.1 Å². The molecule has 15 nitrogen and oxygen atoms in total. The number of aliphatic hydroxyl groups is 2. The Kier molecular flexibility index (Phi) is 23.1. The average Bonchev–Trinajstić information content (AvgIpc) is 3.33. The van der Waals surface area contributed by atoms with E-state index in [1.165, 1.54) is 12.0 Å². The summed E-state index contributed by atoms with van der Waals surface area (Å²) in [6.07, 6.45) is 11.1. The number of methoxy groups -OCH3 is 3. The molecule has 4 aliphatic rings. The number of halogens is 1. The zero-order valence-electron chi connectivity index (χ0n) is 42.6. The first-order valence-corrected chi connectivity index (χ1v) is 26.1. The average molecular weight is 1040 g/mol. The van der Waals surface area contributed by atoms with Gasteiger partial charge in [-0.2, -0.15) is 0 Å². The molecule has 0 aromatic carbocycles. The molecule has 0 aromatic heterocycles. The molecule has 2 N–H and O–H groups in total. The second kappa shape index (κ2) is 27.4. The van der Waals surface area contributed by atoms with Crippen LogP contribution in [0.5, 0.6) is 0 Å². The van der Waals surface area contributed by atoms with Gasteiger partial charge in [0.1, 0.15) is 29.7 Å². The van der Waals surface area contributed by atoms with Crippen LogP contribution in [0.2, 0.25) is 0 Å². The number of nitrogens with zero attached hydrogens (tertiary/aromatic N) is 1. The molecular weight excluding hydrogens is 954 g/mol. The fraction of sp³-hybridized carbons (Fsp3) is 0.736. The summed E-state index contributed by atoms with van der Waals surface area (Å²) >= 11 is 3.15. The van der Waals surface area contributed by atoms with Crippen LogP contribution in [-0.2, 0) is 57.2 Å². The van der Waals surface area contributed by atoms with E-state index in [9.17, 15) is 39.0 Å². The van der Waals surface area contributed by atoms with Crippen LogP contribution >= 0.6 is 15.9 Å². The van der Waals surface area contributed by atoms with E-state index < -0.39 is 83.9 Å². The van der Waals surface area contributed by atoms with Gasteiger partial charge in [-0.05, 0) is 107 Å². The molecule has 388 valence electrons. The number of ether oxygens (including phenoxy) is 6. The number of esters is 2. The Morgan fingerprint density at radius 3 is 2.29 bits per heavy atom. The van der Waals surface area contributed by atoms with Crippen molar-refractivity contribution in [1.29, 1.82) is 0 Å². The van der Waals surface area contributed by atoms with Gasteiger partial charge in [0.15, 0.2) is 11.6 Å². The first kappa shape index (κ1) is 58.2. The standard InChI is InChI=1S/C53H80BrNO14/c1-31-16-12-11-13-17-32(2)43(64-8)28-39-21-19-37(7)53(63,69-39)50(60)51(61)55-23-15-14-18-40(55)52(62)68-44(34(4)26-38-20-22-42(45(27-38)65-9)67-46(57)30-54)29-41(56)33(3)25-36(6)48(59)49(66-10)47(58)35(5)24-31/h11-13,16-17,25,31,34-40,42-45,48-49,59,63H,14-15,18-24,26-30H2,1-10H3/t31-,34-,35-,36?,37-,38+,39+,40+,42-,43+,44+,45-,48-,49+,53-/m1/s1. The number of rotatable bonds is 8. The lowest BCUT2D eigenvalue weighted by Gasteiger charge is -2.42. The number of allylic oxidation sites excluding steroid dienone is 6. The van der Waals surface area contributed by atoms with Crippen molar-refractivity contribution < 1.29 is 67.4 Å². The minimum Gasteiger partial charge on any atom is -0.460 e. The lowest BCUT2D eigenvalue weighted by molar-refractivity contribution is -0.265. The highest BCUT2D eigenvalue weighted by Crippen LogP contribution is 2.38. The molecule has 4 rings (SSSR count). The predicted molar refractivity (Wildman–Crippen MR) is 263 cm³/mol. The second-order valence-corrected chi connectivity index (χ2v) is 20.8. The van der Waals surface area contributed by atoms with E-state index in [1.54, 1.807) is 41.1 Å². The van der Waals surface area contributed by atoms with E-state index in [0.29, 0.717) is 69.8 Å². The lowest BCUT2D eigenvalue weighted by Crippen LogP contribution is -2.61. The number of alkyl halides is 1. The van der Waals surface area contributed by atoms with Crippen molar-refractivity contribution in [2.24, 2.45) is 35.5 Å². The molecule has 0 spiro atoms. The van der Waals surface area contributed by atoms with Gasteiger partial charge in [-0.3, -0.25) is 24.0 Å². The van der Waals surface area contributed by atoms with Crippen molar-refractivity contribution in [2.45, 2.75) is 180 Å². The fourth-order valence-corrected chi connectivity index (χ4v) is 10.6. The molecule has 0 radical (unpaired) electrons. The van der Waals surface area contributed by atoms with Gasteiger partial charge in [0.25, 0.3) is 11.7 Å². The van der Waals surface area contributed by atoms with E-state index in [-0.39, 0.29) is 66.1 Å². The Morgan fingerprint density at radius 2 is 1.62 bits per heavy atom. The smallest absolute Gasteiger partial charge is 0.329 e. The molecule has 15 atom stereocenters. The van der Waals surface area contributed by atoms with Crippen LogP contribution in [-0.4, -0.2) is 138 Å². The number of ketones is 3. The van der Waals surface area contributed by atoms with Gasteiger partial charge >= 0.3 is 11.9 Å². The second-order valence-electron chi connectivity index (χ2n) is 20.2. The molecule has 3 heterocycles. The highest BCUT2D eigenvalue weighted by molar-refractivity contribution is 9.09. The minimum atomic E-state index is -2.44. The maximum absolute atomic E-state index is 14.5. The molecule has 0 aromatic rings. The number of carbonyl (C=O) groups excluding carboxylic acids is 6. The first-order chi connectivity index (χ1) is 32.7. The molecule has 2 saturated heterocycles. The summed E-state index contributed by atoms with van der Waals surface area (Å²) < 4.78 is 35.3. The third-order valence-electron chi connectivity index (χ3n) is 14.9. The summed E-state index contributed by atoms with van der Waals surface area (Å²) in [7, 11) is 4.52. The number of Topliss-reactive ketones (excluding diaryl/α,β-unsaturated/α-hetero) is 3. The highest BCUT2D eigenvalue weighted by Gasteiger charge is 2.53.